The number of nitrogens with zero attached hydrogens (tertiary/aromatic N) is 1. The average Bonchev–Trinajstić information content (AvgIpc) is 2.10. The summed E-state index contributed by atoms with van der Waals surface area (Å²) in [6.07, 6.45) is 1.95. The Balaban J connectivity index is 0.000000280. The van der Waals surface area contributed by atoms with Crippen LogP contribution in [0.1, 0.15) is 12.8 Å². The van der Waals surface area contributed by atoms with Crippen LogP contribution in [-0.4, -0.2) is 23.3 Å². The van der Waals surface area contributed by atoms with E-state index in [-0.39, 0.29) is 5.96 Å². The topological polar surface area (TPSA) is 135 Å². The molecule has 0 aromatic heterocycles. The molecule has 14 heavy (non-hydrogen) atoms. The summed E-state index contributed by atoms with van der Waals surface area (Å²) in [5, 5.41) is 3.53. The van der Waals surface area contributed by atoms with Crippen LogP contribution in [0.3, 0.4) is 0 Å². The summed E-state index contributed by atoms with van der Waals surface area (Å²) in [6.45, 7) is 1.40. The van der Waals surface area contributed by atoms with Gasteiger partial charge < -0.3 is 17.2 Å². The van der Waals surface area contributed by atoms with Crippen LogP contribution in [0, 0.1) is 0 Å². The lowest BCUT2D eigenvalue weighted by atomic mass is 10.3. The number of hydrogen-bond acceptors (Lipinski definition) is 6. The third kappa shape index (κ3) is 9.35. The van der Waals surface area contributed by atoms with Gasteiger partial charge in [-0.05, 0) is 24.4 Å². The minimum absolute atomic E-state index is 0.159. The van der Waals surface area contributed by atoms with Gasteiger partial charge in [0.1, 0.15) is 0 Å². The van der Waals surface area contributed by atoms with E-state index in [2.05, 4.69) is 18.7 Å². The van der Waals surface area contributed by atoms with Gasteiger partial charge in [0.2, 0.25) is 0 Å². The largest absolute Gasteiger partial charge is 0.370 e. The molecule has 9 heteroatoms. The monoisotopic (exact) mass is 226 g/mol. The summed E-state index contributed by atoms with van der Waals surface area (Å²) in [5.74, 6) is 0.159. The van der Waals surface area contributed by atoms with Crippen molar-refractivity contribution in [2.45, 2.75) is 12.8 Å². The summed E-state index contributed by atoms with van der Waals surface area (Å²) in [5.41, 5.74) is 15.4. The van der Waals surface area contributed by atoms with Crippen LogP contribution in [0.2, 0.25) is 0 Å². The Labute approximate surface area is 84.1 Å². The normalized spacial score (nSPS) is 14.9. The zero-order chi connectivity index (χ0) is 10.8. The van der Waals surface area contributed by atoms with E-state index < -0.39 is 11.4 Å². The van der Waals surface area contributed by atoms with Crippen molar-refractivity contribution in [3.05, 3.63) is 0 Å². The smallest absolute Gasteiger partial charge is 0.367 e. The van der Waals surface area contributed by atoms with Crippen molar-refractivity contribution in [3.63, 3.8) is 0 Å². The Kier molecular flexibility index (Phi) is 8.37. The van der Waals surface area contributed by atoms with Crippen molar-refractivity contribution < 1.29 is 17.9 Å². The standard InChI is InChI=1S/C5H14N4.O4S/c6-3-1-2-4-9-5(7)8;1-5-3-2-4-5/h1-4,6H2,(H4,7,8,9);. The van der Waals surface area contributed by atoms with E-state index in [9.17, 15) is 4.21 Å². The molecule has 0 bridgehead atoms. The first-order valence-corrected chi connectivity index (χ1v) is 4.86. The van der Waals surface area contributed by atoms with Crippen LogP contribution in [0.5, 0.6) is 0 Å². The molecule has 1 heterocycles. The van der Waals surface area contributed by atoms with Gasteiger partial charge in [0.25, 0.3) is 0 Å². The second kappa shape index (κ2) is 8.84. The molecule has 8 nitrogen and oxygen atoms in total. The molecule has 0 radical (unpaired) electrons. The third-order valence-corrected chi connectivity index (χ3v) is 1.41. The highest BCUT2D eigenvalue weighted by molar-refractivity contribution is 7.75. The van der Waals surface area contributed by atoms with Gasteiger partial charge in [-0.1, -0.05) is 8.67 Å². The zero-order valence-electron chi connectivity index (χ0n) is 7.55. The fourth-order valence-electron chi connectivity index (χ4n) is 0.515. The molecule has 1 aliphatic heterocycles. The highest BCUT2D eigenvalue weighted by Crippen LogP contribution is 2.01. The molecule has 1 rings (SSSR count). The first-order valence-electron chi connectivity index (χ1n) is 3.86. The summed E-state index contributed by atoms with van der Waals surface area (Å²) >= 11 is -1.61. The molecule has 1 aliphatic rings. The van der Waals surface area contributed by atoms with Crippen molar-refractivity contribution in [1.29, 1.82) is 0 Å². The van der Waals surface area contributed by atoms with Gasteiger partial charge in [0.05, 0.1) is 0 Å². The molecule has 0 atom stereocenters. The Bertz CT molecular complexity index is 190. The lowest BCUT2D eigenvalue weighted by Crippen LogP contribution is -2.23. The molecule has 0 spiro atoms. The number of hydrogen-bond donors (Lipinski definition) is 3. The third-order valence-electron chi connectivity index (χ3n) is 1.07. The van der Waals surface area contributed by atoms with Gasteiger partial charge in [0, 0.05) is 6.54 Å². The summed E-state index contributed by atoms with van der Waals surface area (Å²) in [6, 6.07) is 0. The number of guanidine groups is 1. The molecule has 0 unspecified atom stereocenters. The average molecular weight is 226 g/mol. The SMILES string of the molecule is NCCCCN=C(N)N.O=S1OOO1. The van der Waals surface area contributed by atoms with Crippen molar-refractivity contribution in [1.82, 2.24) is 0 Å². The Morgan fingerprint density at radius 2 is 1.86 bits per heavy atom. The molecule has 0 saturated carbocycles. The molecule has 0 aromatic rings. The molecule has 84 valence electrons. The van der Waals surface area contributed by atoms with Crippen LogP contribution in [0.15, 0.2) is 4.99 Å². The van der Waals surface area contributed by atoms with Crippen LogP contribution < -0.4 is 17.2 Å². The summed E-state index contributed by atoms with van der Waals surface area (Å²) < 4.78 is 16.8. The van der Waals surface area contributed by atoms with Gasteiger partial charge >= 0.3 is 11.4 Å². The second-order valence-corrected chi connectivity index (χ2v) is 2.89. The van der Waals surface area contributed by atoms with Crippen LogP contribution in [0.4, 0.5) is 0 Å². The van der Waals surface area contributed by atoms with Crippen molar-refractivity contribution >= 4 is 17.3 Å². The van der Waals surface area contributed by atoms with E-state index in [4.69, 9.17) is 17.2 Å². The molecule has 0 aliphatic carbocycles. The van der Waals surface area contributed by atoms with E-state index in [1.165, 1.54) is 0 Å². The molecule has 0 amide bonds. The minimum atomic E-state index is -1.61. The highest BCUT2D eigenvalue weighted by atomic mass is 32.2. The highest BCUT2D eigenvalue weighted by Gasteiger charge is 2.14. The molecule has 1 saturated heterocycles. The first kappa shape index (κ1) is 13.3. The first-order chi connectivity index (χ1) is 6.66. The maximum Gasteiger partial charge on any atom is 0.367 e. The maximum absolute atomic E-state index is 9.44. The maximum atomic E-state index is 9.44. The Morgan fingerprint density at radius 1 is 1.29 bits per heavy atom. The molecular formula is C5H14N4O4S. The van der Waals surface area contributed by atoms with Crippen molar-refractivity contribution in [2.75, 3.05) is 13.1 Å². The number of nitrogens with two attached hydrogens (primary N) is 3. The number of rotatable bonds is 4. The van der Waals surface area contributed by atoms with Crippen LogP contribution in [0.25, 0.3) is 0 Å². The van der Waals surface area contributed by atoms with E-state index in [0.29, 0.717) is 13.1 Å². The van der Waals surface area contributed by atoms with Crippen molar-refractivity contribution in [2.24, 2.45) is 22.2 Å². The van der Waals surface area contributed by atoms with Gasteiger partial charge in [0.15, 0.2) is 5.96 Å². The quantitative estimate of drug-likeness (QED) is 0.229. The van der Waals surface area contributed by atoms with E-state index in [1.807, 2.05) is 0 Å². The van der Waals surface area contributed by atoms with Crippen molar-refractivity contribution in [3.8, 4) is 0 Å². The molecule has 1 fully saturated rings. The predicted octanol–water partition coefficient (Wildman–Crippen LogP) is -1.54. The molecular weight excluding hydrogens is 212 g/mol. The molecule has 6 N–H and O–H groups in total. The lowest BCUT2D eigenvalue weighted by molar-refractivity contribution is -0.469. The second-order valence-electron chi connectivity index (χ2n) is 2.21. The van der Waals surface area contributed by atoms with Crippen LogP contribution in [-0.2, 0) is 25.1 Å². The van der Waals surface area contributed by atoms with Gasteiger partial charge in [-0.15, -0.1) is 0 Å². The van der Waals surface area contributed by atoms with Gasteiger partial charge in [-0.2, -0.15) is 4.21 Å². The van der Waals surface area contributed by atoms with E-state index in [1.54, 1.807) is 0 Å². The lowest BCUT2D eigenvalue weighted by Gasteiger charge is -2.02. The van der Waals surface area contributed by atoms with Gasteiger partial charge in [-0.25, -0.2) is 0 Å². The number of aliphatic imine (C=N–C) groups is 1. The fourth-order valence-corrected chi connectivity index (χ4v) is 0.616. The predicted molar refractivity (Wildman–Crippen MR) is 50.4 cm³/mol. The Hall–Kier alpha value is -0.740. The van der Waals surface area contributed by atoms with E-state index >= 15 is 0 Å². The van der Waals surface area contributed by atoms with Gasteiger partial charge in [-0.3, -0.25) is 4.99 Å². The van der Waals surface area contributed by atoms with Crippen LogP contribution >= 0.6 is 0 Å². The fraction of sp³-hybridized carbons (Fsp3) is 0.800. The van der Waals surface area contributed by atoms with E-state index in [0.717, 1.165) is 12.8 Å². The minimum Gasteiger partial charge on any atom is -0.370 e. The summed E-state index contributed by atoms with van der Waals surface area (Å²) in [4.78, 5) is 3.78. The Morgan fingerprint density at radius 3 is 2.14 bits per heavy atom. The molecule has 0 aromatic carbocycles. The zero-order valence-corrected chi connectivity index (χ0v) is 8.37. The number of unbranched alkanes of at least 4 members (excludes halogenated alkanes) is 1. The summed E-state index contributed by atoms with van der Waals surface area (Å²) in [7, 11) is 0.